The van der Waals surface area contributed by atoms with Crippen molar-refractivity contribution in [2.24, 2.45) is 0 Å². The molecule has 2 aromatic carbocycles. The van der Waals surface area contributed by atoms with E-state index in [-0.39, 0.29) is 11.8 Å². The van der Waals surface area contributed by atoms with Gasteiger partial charge < -0.3 is 15.1 Å². The number of halogens is 1. The lowest BCUT2D eigenvalue weighted by Crippen LogP contribution is -2.30. The highest BCUT2D eigenvalue weighted by Crippen LogP contribution is 2.19. The van der Waals surface area contributed by atoms with Gasteiger partial charge in [0.05, 0.1) is 11.4 Å². The highest BCUT2D eigenvalue weighted by Gasteiger charge is 2.08. The molecule has 0 unspecified atom stereocenters. The number of nitrogens with one attached hydrogen (secondary N) is 2. The van der Waals surface area contributed by atoms with Gasteiger partial charge in [-0.25, -0.2) is 18.9 Å². The van der Waals surface area contributed by atoms with Gasteiger partial charge in [0.25, 0.3) is 0 Å². The van der Waals surface area contributed by atoms with E-state index in [0.717, 1.165) is 11.4 Å². The molecule has 2 heterocycles. The molecule has 2 N–H and O–H groups in total. The van der Waals surface area contributed by atoms with Gasteiger partial charge in [0.2, 0.25) is 5.89 Å². The van der Waals surface area contributed by atoms with Crippen molar-refractivity contribution < 1.29 is 13.6 Å². The minimum absolute atomic E-state index is 0.313. The molecule has 7 nitrogen and oxygen atoms in total. The minimum Gasteiger partial charge on any atom is -0.444 e. The highest BCUT2D eigenvalue weighted by atomic mass is 19.1. The zero-order valence-corrected chi connectivity index (χ0v) is 16.3. The zero-order valence-electron chi connectivity index (χ0n) is 16.3. The third-order valence-electron chi connectivity index (χ3n) is 4.49. The van der Waals surface area contributed by atoms with Crippen LogP contribution in [0.4, 0.5) is 14.9 Å². The predicted octanol–water partition coefficient (Wildman–Crippen LogP) is 4.34. The van der Waals surface area contributed by atoms with E-state index in [0.29, 0.717) is 35.8 Å². The SMILES string of the molecule is Cc1ccnn1-c1cccc(NC(=O)NCCc2coc(-c3ccc(F)cc3)n2)c1. The summed E-state index contributed by atoms with van der Waals surface area (Å²) >= 11 is 0. The second-order valence-corrected chi connectivity index (χ2v) is 6.72. The lowest BCUT2D eigenvalue weighted by atomic mass is 10.2. The predicted molar refractivity (Wildman–Crippen MR) is 111 cm³/mol. The maximum absolute atomic E-state index is 13.0. The van der Waals surface area contributed by atoms with Gasteiger partial charge in [-0.3, -0.25) is 0 Å². The molecule has 0 fully saturated rings. The van der Waals surface area contributed by atoms with Gasteiger partial charge >= 0.3 is 6.03 Å². The number of carbonyl (C=O) groups excluding carboxylic acids is 1. The van der Waals surface area contributed by atoms with Crippen molar-refractivity contribution in [3.05, 3.63) is 84.3 Å². The van der Waals surface area contributed by atoms with E-state index < -0.39 is 0 Å². The average molecular weight is 405 g/mol. The molecule has 0 saturated heterocycles. The molecule has 0 aliphatic heterocycles. The van der Waals surface area contributed by atoms with Gasteiger partial charge in [-0.1, -0.05) is 6.07 Å². The van der Waals surface area contributed by atoms with Crippen molar-refractivity contribution in [1.29, 1.82) is 0 Å². The Kier molecular flexibility index (Phi) is 5.56. The van der Waals surface area contributed by atoms with Crippen molar-refractivity contribution in [1.82, 2.24) is 20.1 Å². The van der Waals surface area contributed by atoms with Crippen LogP contribution in [-0.4, -0.2) is 27.3 Å². The molecule has 0 aliphatic rings. The largest absolute Gasteiger partial charge is 0.444 e. The summed E-state index contributed by atoms with van der Waals surface area (Å²) in [5.74, 6) is 0.103. The van der Waals surface area contributed by atoms with Gasteiger partial charge in [-0.2, -0.15) is 5.10 Å². The van der Waals surface area contributed by atoms with Crippen LogP contribution in [0, 0.1) is 12.7 Å². The number of hydrogen-bond acceptors (Lipinski definition) is 4. The van der Waals surface area contributed by atoms with Crippen molar-refractivity contribution in [2.75, 3.05) is 11.9 Å². The lowest BCUT2D eigenvalue weighted by molar-refractivity contribution is 0.252. The number of hydrogen-bond donors (Lipinski definition) is 2. The van der Waals surface area contributed by atoms with Crippen LogP contribution in [0.3, 0.4) is 0 Å². The quantitative estimate of drug-likeness (QED) is 0.500. The molecular formula is C22H20FN5O2. The molecule has 2 amide bonds. The molecule has 0 radical (unpaired) electrons. The Morgan fingerprint density at radius 3 is 2.77 bits per heavy atom. The fraction of sp³-hybridized carbons (Fsp3) is 0.136. The van der Waals surface area contributed by atoms with E-state index >= 15 is 0 Å². The van der Waals surface area contributed by atoms with E-state index in [9.17, 15) is 9.18 Å². The number of amides is 2. The van der Waals surface area contributed by atoms with Crippen LogP contribution in [-0.2, 0) is 6.42 Å². The van der Waals surface area contributed by atoms with E-state index in [1.807, 2.05) is 37.3 Å². The monoisotopic (exact) mass is 405 g/mol. The van der Waals surface area contributed by atoms with E-state index in [2.05, 4.69) is 20.7 Å². The molecule has 0 bridgehead atoms. The fourth-order valence-electron chi connectivity index (χ4n) is 2.98. The number of urea groups is 1. The van der Waals surface area contributed by atoms with Gasteiger partial charge in [0.1, 0.15) is 12.1 Å². The minimum atomic E-state index is -0.314. The van der Waals surface area contributed by atoms with E-state index in [1.165, 1.54) is 18.4 Å². The molecule has 0 aliphatic carbocycles. The van der Waals surface area contributed by atoms with Crippen LogP contribution in [0.2, 0.25) is 0 Å². The first-order chi connectivity index (χ1) is 14.6. The van der Waals surface area contributed by atoms with Crippen molar-refractivity contribution in [3.8, 4) is 17.1 Å². The van der Waals surface area contributed by atoms with Gasteiger partial charge in [0.15, 0.2) is 0 Å². The number of benzene rings is 2. The Bertz CT molecular complexity index is 1150. The van der Waals surface area contributed by atoms with Crippen LogP contribution >= 0.6 is 0 Å². The first kappa shape index (κ1) is 19.4. The molecule has 0 spiro atoms. The normalized spacial score (nSPS) is 10.7. The third kappa shape index (κ3) is 4.54. The summed E-state index contributed by atoms with van der Waals surface area (Å²) in [4.78, 5) is 16.6. The van der Waals surface area contributed by atoms with Gasteiger partial charge in [0, 0.05) is 36.1 Å². The average Bonchev–Trinajstić information content (AvgIpc) is 3.38. The van der Waals surface area contributed by atoms with Crippen LogP contribution in [0.5, 0.6) is 0 Å². The first-order valence-corrected chi connectivity index (χ1v) is 9.45. The molecule has 0 saturated carbocycles. The van der Waals surface area contributed by atoms with Crippen LogP contribution in [0.15, 0.2) is 71.5 Å². The number of nitrogens with zero attached hydrogens (tertiary/aromatic N) is 3. The molecule has 8 heteroatoms. The molecular weight excluding hydrogens is 385 g/mol. The highest BCUT2D eigenvalue weighted by molar-refractivity contribution is 5.89. The molecule has 30 heavy (non-hydrogen) atoms. The standard InChI is InChI=1S/C22H20FN5O2/c1-15-9-12-25-28(15)20-4-2-3-18(13-20)27-22(29)24-11-10-19-14-30-21(26-19)16-5-7-17(23)8-6-16/h2-9,12-14H,10-11H2,1H3,(H2,24,27,29). The summed E-state index contributed by atoms with van der Waals surface area (Å²) < 4.78 is 20.2. The number of aryl methyl sites for hydroxylation is 1. The van der Waals surface area contributed by atoms with Crippen LogP contribution < -0.4 is 10.6 Å². The Balaban J connectivity index is 1.30. The molecule has 152 valence electrons. The molecule has 4 aromatic rings. The summed E-state index contributed by atoms with van der Waals surface area (Å²) in [5.41, 5.74) is 3.93. The Labute approximate surface area is 172 Å². The topological polar surface area (TPSA) is 85.0 Å². The van der Waals surface area contributed by atoms with E-state index in [4.69, 9.17) is 4.42 Å². The summed E-state index contributed by atoms with van der Waals surface area (Å²) in [5, 5.41) is 9.89. The van der Waals surface area contributed by atoms with Crippen LogP contribution in [0.25, 0.3) is 17.1 Å². The Hall–Kier alpha value is -3.94. The zero-order chi connectivity index (χ0) is 20.9. The van der Waals surface area contributed by atoms with Crippen molar-refractivity contribution in [2.45, 2.75) is 13.3 Å². The molecule has 0 atom stereocenters. The Morgan fingerprint density at radius 1 is 1.17 bits per heavy atom. The lowest BCUT2D eigenvalue weighted by Gasteiger charge is -2.09. The Morgan fingerprint density at radius 2 is 2.00 bits per heavy atom. The summed E-state index contributed by atoms with van der Waals surface area (Å²) in [6.07, 6.45) is 3.77. The number of carbonyl (C=O) groups is 1. The maximum Gasteiger partial charge on any atom is 0.319 e. The fourth-order valence-corrected chi connectivity index (χ4v) is 2.98. The molecule has 4 rings (SSSR count). The van der Waals surface area contributed by atoms with Gasteiger partial charge in [-0.15, -0.1) is 0 Å². The van der Waals surface area contributed by atoms with E-state index in [1.54, 1.807) is 23.0 Å². The smallest absolute Gasteiger partial charge is 0.319 e. The van der Waals surface area contributed by atoms with Crippen molar-refractivity contribution >= 4 is 11.7 Å². The number of aromatic nitrogens is 3. The second kappa shape index (κ2) is 8.60. The summed E-state index contributed by atoms with van der Waals surface area (Å²) in [7, 11) is 0. The maximum atomic E-state index is 13.0. The van der Waals surface area contributed by atoms with Crippen LogP contribution in [0.1, 0.15) is 11.4 Å². The number of oxazole rings is 1. The number of anilines is 1. The summed E-state index contributed by atoms with van der Waals surface area (Å²) in [6, 6.07) is 15.0. The first-order valence-electron chi connectivity index (χ1n) is 9.45. The summed E-state index contributed by atoms with van der Waals surface area (Å²) in [6.45, 7) is 2.35. The van der Waals surface area contributed by atoms with Crippen molar-refractivity contribution in [3.63, 3.8) is 0 Å². The van der Waals surface area contributed by atoms with Gasteiger partial charge in [-0.05, 0) is 55.5 Å². The molecule has 2 aromatic heterocycles. The third-order valence-corrected chi connectivity index (χ3v) is 4.49. The second-order valence-electron chi connectivity index (χ2n) is 6.72. The number of rotatable bonds is 6.